The van der Waals surface area contributed by atoms with Gasteiger partial charge in [-0.05, 0) is 24.5 Å². The molecule has 3 aliphatic rings. The van der Waals surface area contributed by atoms with Crippen LogP contribution in [-0.4, -0.2) is 72.5 Å². The molecule has 1 unspecified atom stereocenters. The number of carbonyl (C=O) groups is 1. The molecule has 0 radical (unpaired) electrons. The van der Waals surface area contributed by atoms with Crippen molar-refractivity contribution in [2.24, 2.45) is 5.92 Å². The van der Waals surface area contributed by atoms with E-state index in [1.807, 2.05) is 25.2 Å². The maximum Gasteiger partial charge on any atom is 0.237 e. The topological polar surface area (TPSA) is 66.9 Å². The van der Waals surface area contributed by atoms with Gasteiger partial charge in [-0.3, -0.25) is 9.69 Å². The van der Waals surface area contributed by atoms with Gasteiger partial charge in [0.15, 0.2) is 9.84 Å². The lowest BCUT2D eigenvalue weighted by atomic mass is 9.81. The third kappa shape index (κ3) is 5.70. The lowest BCUT2D eigenvalue weighted by Gasteiger charge is -2.49. The van der Waals surface area contributed by atoms with Gasteiger partial charge in [-0.2, -0.15) is 0 Å². The van der Waals surface area contributed by atoms with Gasteiger partial charge in [0.25, 0.3) is 0 Å². The molecule has 0 aromatic carbocycles. The van der Waals surface area contributed by atoms with Gasteiger partial charge >= 0.3 is 0 Å². The van der Waals surface area contributed by atoms with Crippen LogP contribution in [0.3, 0.4) is 0 Å². The number of fused-ring (bicyclic) bond motifs is 2. The van der Waals surface area contributed by atoms with Crippen LogP contribution in [0.5, 0.6) is 0 Å². The van der Waals surface area contributed by atoms with Gasteiger partial charge in [-0.15, -0.1) is 11.3 Å². The number of hydrogen-bond donors (Lipinski definition) is 0. The van der Waals surface area contributed by atoms with Gasteiger partial charge in [0, 0.05) is 60.4 Å². The van der Waals surface area contributed by atoms with Crippen molar-refractivity contribution in [1.29, 1.82) is 0 Å². The minimum atomic E-state index is -3.25. The van der Waals surface area contributed by atoms with Crippen LogP contribution in [0.4, 0.5) is 0 Å². The molecule has 1 spiro atoms. The van der Waals surface area contributed by atoms with Crippen molar-refractivity contribution in [2.45, 2.75) is 63.0 Å². The van der Waals surface area contributed by atoms with Crippen molar-refractivity contribution in [1.82, 2.24) is 9.80 Å². The standard InChI is InChI=1S/C21H31IN2O4S2.C2H6/c1-3-16-9-17-18(29-16)5-8-28-21(17)6-7-23(19(22)10-21)11-15-12-24(13-15)20(25)14-30(26,27)4-2;1-2/h9,15,19H,3-8,10-14H2,1-2H3;1-2H3/t19?,21-;/m1./s1. The highest BCUT2D eigenvalue weighted by molar-refractivity contribution is 14.1. The zero-order valence-electron chi connectivity index (χ0n) is 19.7. The van der Waals surface area contributed by atoms with Crippen molar-refractivity contribution in [3.63, 3.8) is 0 Å². The van der Waals surface area contributed by atoms with Crippen LogP contribution in [0.15, 0.2) is 6.07 Å². The molecule has 4 rings (SSSR count). The average molecular weight is 597 g/mol. The van der Waals surface area contributed by atoms with Crippen molar-refractivity contribution in [3.8, 4) is 0 Å². The second-order valence-corrected chi connectivity index (χ2v) is 13.7. The van der Waals surface area contributed by atoms with Crippen LogP contribution in [0.25, 0.3) is 0 Å². The number of hydrogen-bond acceptors (Lipinski definition) is 6. The summed E-state index contributed by atoms with van der Waals surface area (Å²) in [6.45, 7) is 11.9. The highest BCUT2D eigenvalue weighted by atomic mass is 127. The summed E-state index contributed by atoms with van der Waals surface area (Å²) in [5.41, 5.74) is 1.31. The predicted molar refractivity (Wildman–Crippen MR) is 139 cm³/mol. The van der Waals surface area contributed by atoms with Crippen molar-refractivity contribution in [2.75, 3.05) is 44.3 Å². The molecule has 1 aromatic heterocycles. The number of nitrogens with zero attached hydrogens (tertiary/aromatic N) is 2. The predicted octanol–water partition coefficient (Wildman–Crippen LogP) is 3.85. The second-order valence-electron chi connectivity index (χ2n) is 8.72. The Balaban J connectivity index is 0.00000141. The summed E-state index contributed by atoms with van der Waals surface area (Å²) in [5.74, 6) is -0.142. The maximum absolute atomic E-state index is 12.2. The first-order chi connectivity index (χ1) is 15.2. The zero-order valence-corrected chi connectivity index (χ0v) is 23.5. The Labute approximate surface area is 211 Å². The van der Waals surface area contributed by atoms with Gasteiger partial charge in [0.05, 0.1) is 16.3 Å². The number of sulfone groups is 1. The van der Waals surface area contributed by atoms with Crippen LogP contribution >= 0.6 is 33.9 Å². The molecule has 2 saturated heterocycles. The van der Waals surface area contributed by atoms with Crippen molar-refractivity contribution >= 4 is 49.7 Å². The fraction of sp³-hybridized carbons (Fsp3) is 0.783. The highest BCUT2D eigenvalue weighted by Crippen LogP contribution is 2.47. The minimum absolute atomic E-state index is 0.0235. The molecule has 3 aliphatic heterocycles. The van der Waals surface area contributed by atoms with Crippen LogP contribution in [-0.2, 0) is 37.8 Å². The van der Waals surface area contributed by atoms with E-state index in [2.05, 4.69) is 40.5 Å². The number of thiophene rings is 1. The summed E-state index contributed by atoms with van der Waals surface area (Å²) in [6.07, 6.45) is 4.15. The molecule has 0 N–H and O–H groups in total. The summed E-state index contributed by atoms with van der Waals surface area (Å²) in [4.78, 5) is 19.4. The average Bonchev–Trinajstić information content (AvgIpc) is 3.18. The molecule has 0 aliphatic carbocycles. The fourth-order valence-electron chi connectivity index (χ4n) is 4.80. The first-order valence-corrected chi connectivity index (χ1v) is 15.8. The van der Waals surface area contributed by atoms with E-state index in [4.69, 9.17) is 4.74 Å². The summed E-state index contributed by atoms with van der Waals surface area (Å²) < 4.78 is 30.2. The summed E-state index contributed by atoms with van der Waals surface area (Å²) >= 11 is 4.51. The normalized spacial score (nSPS) is 26.3. The number of ether oxygens (including phenoxy) is 1. The van der Waals surface area contributed by atoms with E-state index in [-0.39, 0.29) is 23.0 Å². The minimum Gasteiger partial charge on any atom is -0.370 e. The molecule has 6 nitrogen and oxygen atoms in total. The van der Waals surface area contributed by atoms with Crippen LogP contribution in [0.2, 0.25) is 0 Å². The molecular formula is C23H37IN2O4S2. The third-order valence-electron chi connectivity index (χ3n) is 6.69. The molecular weight excluding hydrogens is 559 g/mol. The Morgan fingerprint density at radius 1 is 1.31 bits per heavy atom. The molecule has 1 aromatic rings. The molecule has 9 heteroatoms. The lowest BCUT2D eigenvalue weighted by Crippen LogP contribution is -2.57. The lowest BCUT2D eigenvalue weighted by molar-refractivity contribution is -0.136. The first kappa shape index (κ1) is 26.4. The van der Waals surface area contributed by atoms with Gasteiger partial charge in [0.1, 0.15) is 5.75 Å². The van der Waals surface area contributed by atoms with E-state index >= 15 is 0 Å². The zero-order chi connectivity index (χ0) is 23.5. The Bertz CT molecular complexity index is 898. The van der Waals surface area contributed by atoms with E-state index < -0.39 is 9.84 Å². The number of halogens is 1. The van der Waals surface area contributed by atoms with Crippen LogP contribution in [0, 0.1) is 5.92 Å². The number of piperidine rings is 1. The van der Waals surface area contributed by atoms with E-state index in [0.29, 0.717) is 23.1 Å². The number of alkyl halides is 1. The largest absolute Gasteiger partial charge is 0.370 e. The Hall–Kier alpha value is -0.230. The van der Waals surface area contributed by atoms with E-state index in [0.717, 1.165) is 45.4 Å². The quantitative estimate of drug-likeness (QED) is 0.284. The first-order valence-electron chi connectivity index (χ1n) is 11.9. The molecule has 2 atom stereocenters. The van der Waals surface area contributed by atoms with E-state index in [9.17, 15) is 13.2 Å². The third-order valence-corrected chi connectivity index (χ3v) is 10.8. The summed E-state index contributed by atoms with van der Waals surface area (Å²) in [6, 6.07) is 2.39. The van der Waals surface area contributed by atoms with Gasteiger partial charge in [0.2, 0.25) is 5.91 Å². The molecule has 4 heterocycles. The Kier molecular flexibility index (Phi) is 9.07. The monoisotopic (exact) mass is 596 g/mol. The van der Waals surface area contributed by atoms with E-state index in [1.165, 1.54) is 15.3 Å². The second kappa shape index (κ2) is 11.0. The van der Waals surface area contributed by atoms with Crippen molar-refractivity contribution in [3.05, 3.63) is 21.4 Å². The molecule has 0 bridgehead atoms. The fourth-order valence-corrected chi connectivity index (χ4v) is 7.96. The Morgan fingerprint density at radius 3 is 2.66 bits per heavy atom. The van der Waals surface area contributed by atoms with Crippen LogP contribution in [0.1, 0.15) is 55.9 Å². The van der Waals surface area contributed by atoms with Gasteiger partial charge in [-0.1, -0.05) is 50.3 Å². The molecule has 0 saturated carbocycles. The SMILES string of the molecule is CC.CCc1cc2c(s1)CCO[C@@]21CCN(CC2CN(C(=O)CS(=O)(=O)CC)C2)C(I)C1. The molecule has 2 fully saturated rings. The molecule has 1 amide bonds. The smallest absolute Gasteiger partial charge is 0.237 e. The van der Waals surface area contributed by atoms with Crippen LogP contribution < -0.4 is 0 Å². The maximum atomic E-state index is 12.2. The number of amides is 1. The molecule has 32 heavy (non-hydrogen) atoms. The molecule has 182 valence electrons. The number of carbonyl (C=O) groups excluding carboxylic acids is 1. The van der Waals surface area contributed by atoms with Gasteiger partial charge < -0.3 is 9.64 Å². The highest BCUT2D eigenvalue weighted by Gasteiger charge is 2.46. The number of rotatable bonds is 6. The number of likely N-dealkylation sites (tertiary alicyclic amines) is 2. The van der Waals surface area contributed by atoms with Gasteiger partial charge in [-0.25, -0.2) is 8.42 Å². The number of aryl methyl sites for hydroxylation is 1. The summed E-state index contributed by atoms with van der Waals surface area (Å²) in [7, 11) is -3.25. The summed E-state index contributed by atoms with van der Waals surface area (Å²) in [5, 5.41) is 0. The van der Waals surface area contributed by atoms with E-state index in [1.54, 1.807) is 11.8 Å². The Morgan fingerprint density at radius 2 is 2.03 bits per heavy atom. The van der Waals surface area contributed by atoms with Crippen molar-refractivity contribution < 1.29 is 17.9 Å².